The minimum atomic E-state index is -0.177. The first-order valence-electron chi connectivity index (χ1n) is 6.69. The lowest BCUT2D eigenvalue weighted by Crippen LogP contribution is -2.33. The molecule has 21 heavy (non-hydrogen) atoms. The number of morpholine rings is 1. The van der Waals surface area contributed by atoms with Gasteiger partial charge in [0, 0.05) is 24.7 Å². The van der Waals surface area contributed by atoms with Crippen molar-refractivity contribution < 1.29 is 18.7 Å². The molecule has 1 N–H and O–H groups in total. The predicted molar refractivity (Wildman–Crippen MR) is 74.4 cm³/mol. The van der Waals surface area contributed by atoms with E-state index in [4.69, 9.17) is 18.7 Å². The van der Waals surface area contributed by atoms with Gasteiger partial charge >= 0.3 is 0 Å². The number of nitrogens with zero attached hydrogens (tertiary/aromatic N) is 2. The summed E-state index contributed by atoms with van der Waals surface area (Å²) in [5.74, 6) is 2.29. The average molecular weight is 291 g/mol. The van der Waals surface area contributed by atoms with Crippen molar-refractivity contribution in [3.8, 4) is 23.0 Å². The van der Waals surface area contributed by atoms with Crippen molar-refractivity contribution >= 4 is 0 Å². The van der Waals surface area contributed by atoms with E-state index in [2.05, 4.69) is 15.5 Å². The molecule has 2 aromatic rings. The lowest BCUT2D eigenvalue weighted by Gasteiger charge is -2.20. The smallest absolute Gasteiger partial charge is 0.258 e. The van der Waals surface area contributed by atoms with Gasteiger partial charge in [0.25, 0.3) is 5.89 Å². The Balaban J connectivity index is 1.88. The summed E-state index contributed by atoms with van der Waals surface area (Å²) in [5.41, 5.74) is 0.744. The molecule has 0 radical (unpaired) electrons. The maximum absolute atomic E-state index is 5.61. The van der Waals surface area contributed by atoms with Crippen LogP contribution in [0.4, 0.5) is 0 Å². The molecule has 1 unspecified atom stereocenters. The molecule has 0 aliphatic carbocycles. The molecule has 7 heteroatoms. The van der Waals surface area contributed by atoms with Crippen molar-refractivity contribution in [1.29, 1.82) is 0 Å². The third kappa shape index (κ3) is 2.98. The van der Waals surface area contributed by atoms with Crippen molar-refractivity contribution in [2.24, 2.45) is 0 Å². The molecule has 1 aliphatic heterocycles. The highest BCUT2D eigenvalue weighted by molar-refractivity contribution is 5.59. The minimum Gasteiger partial charge on any atom is -0.497 e. The van der Waals surface area contributed by atoms with Crippen molar-refractivity contribution in [3.05, 3.63) is 24.0 Å². The van der Waals surface area contributed by atoms with Gasteiger partial charge in [0.05, 0.1) is 20.8 Å². The lowest BCUT2D eigenvalue weighted by atomic mass is 10.2. The van der Waals surface area contributed by atoms with E-state index >= 15 is 0 Å². The number of rotatable bonds is 4. The molecular weight excluding hydrogens is 274 g/mol. The third-order valence-electron chi connectivity index (χ3n) is 3.26. The van der Waals surface area contributed by atoms with Crippen LogP contribution in [0.3, 0.4) is 0 Å². The molecule has 1 fully saturated rings. The van der Waals surface area contributed by atoms with Crippen LogP contribution in [-0.2, 0) is 4.74 Å². The molecule has 7 nitrogen and oxygen atoms in total. The quantitative estimate of drug-likeness (QED) is 0.912. The van der Waals surface area contributed by atoms with E-state index in [1.54, 1.807) is 20.3 Å². The Morgan fingerprint density at radius 1 is 1.19 bits per heavy atom. The number of ether oxygens (including phenoxy) is 3. The molecule has 1 saturated heterocycles. The summed E-state index contributed by atoms with van der Waals surface area (Å²) in [6.45, 7) is 2.16. The van der Waals surface area contributed by atoms with Gasteiger partial charge < -0.3 is 24.1 Å². The van der Waals surface area contributed by atoms with E-state index in [1.807, 2.05) is 12.1 Å². The van der Waals surface area contributed by atoms with Gasteiger partial charge in [-0.1, -0.05) is 5.16 Å². The molecule has 2 heterocycles. The molecular formula is C14H17N3O4. The van der Waals surface area contributed by atoms with Crippen LogP contribution < -0.4 is 14.8 Å². The number of hydrogen-bond donors (Lipinski definition) is 1. The van der Waals surface area contributed by atoms with Gasteiger partial charge in [-0.3, -0.25) is 0 Å². The second kappa shape index (κ2) is 6.11. The topological polar surface area (TPSA) is 78.6 Å². The van der Waals surface area contributed by atoms with Crippen LogP contribution in [0.15, 0.2) is 22.7 Å². The van der Waals surface area contributed by atoms with Crippen LogP contribution in [0.2, 0.25) is 0 Å². The van der Waals surface area contributed by atoms with Crippen LogP contribution in [0.5, 0.6) is 11.5 Å². The Labute approximate surface area is 122 Å². The fourth-order valence-corrected chi connectivity index (χ4v) is 2.15. The Bertz CT molecular complexity index is 586. The van der Waals surface area contributed by atoms with Gasteiger partial charge in [-0.2, -0.15) is 4.98 Å². The molecule has 1 atom stereocenters. The summed E-state index contributed by atoms with van der Waals surface area (Å²) in [5, 5.41) is 7.23. The summed E-state index contributed by atoms with van der Waals surface area (Å²) in [7, 11) is 3.19. The summed E-state index contributed by atoms with van der Waals surface area (Å²) in [6.07, 6.45) is -0.177. The summed E-state index contributed by atoms with van der Waals surface area (Å²) in [6, 6.07) is 5.43. The fraction of sp³-hybridized carbons (Fsp3) is 0.429. The third-order valence-corrected chi connectivity index (χ3v) is 3.26. The molecule has 1 aliphatic rings. The zero-order valence-electron chi connectivity index (χ0n) is 12.0. The Hall–Kier alpha value is -2.12. The normalized spacial score (nSPS) is 18.5. The Morgan fingerprint density at radius 2 is 1.95 bits per heavy atom. The van der Waals surface area contributed by atoms with Gasteiger partial charge in [-0.05, 0) is 12.1 Å². The van der Waals surface area contributed by atoms with Gasteiger partial charge in [0.1, 0.15) is 17.6 Å². The van der Waals surface area contributed by atoms with Gasteiger partial charge in [-0.25, -0.2) is 0 Å². The first-order valence-corrected chi connectivity index (χ1v) is 6.69. The second-order valence-electron chi connectivity index (χ2n) is 4.62. The molecule has 3 rings (SSSR count). The molecule has 112 valence electrons. The Kier molecular flexibility index (Phi) is 4.03. The summed E-state index contributed by atoms with van der Waals surface area (Å²) < 4.78 is 21.4. The van der Waals surface area contributed by atoms with Gasteiger partial charge in [0.2, 0.25) is 5.82 Å². The number of hydrogen-bond acceptors (Lipinski definition) is 7. The highest BCUT2D eigenvalue weighted by Crippen LogP contribution is 2.29. The van der Waals surface area contributed by atoms with Crippen molar-refractivity contribution in [2.45, 2.75) is 6.10 Å². The SMILES string of the molecule is COc1cc(OC)cc(-c2nc(C3CNCCO3)no2)c1. The van der Waals surface area contributed by atoms with Crippen LogP contribution in [0.1, 0.15) is 11.9 Å². The van der Waals surface area contributed by atoms with Crippen molar-refractivity contribution in [1.82, 2.24) is 15.5 Å². The van der Waals surface area contributed by atoms with Crippen LogP contribution in [0, 0.1) is 0 Å². The van der Waals surface area contributed by atoms with Crippen LogP contribution in [-0.4, -0.2) is 44.1 Å². The van der Waals surface area contributed by atoms with Crippen molar-refractivity contribution in [3.63, 3.8) is 0 Å². The lowest BCUT2D eigenvalue weighted by molar-refractivity contribution is 0.0208. The molecule has 0 spiro atoms. The monoisotopic (exact) mass is 291 g/mol. The van der Waals surface area contributed by atoms with E-state index in [0.29, 0.717) is 36.4 Å². The van der Waals surface area contributed by atoms with E-state index in [9.17, 15) is 0 Å². The largest absolute Gasteiger partial charge is 0.497 e. The number of aromatic nitrogens is 2. The van der Waals surface area contributed by atoms with E-state index in [1.165, 1.54) is 0 Å². The maximum Gasteiger partial charge on any atom is 0.258 e. The van der Waals surface area contributed by atoms with E-state index < -0.39 is 0 Å². The van der Waals surface area contributed by atoms with Gasteiger partial charge in [-0.15, -0.1) is 0 Å². The molecule has 1 aromatic heterocycles. The average Bonchev–Trinajstić information content (AvgIpc) is 3.05. The first-order chi connectivity index (χ1) is 10.3. The molecule has 0 saturated carbocycles. The fourth-order valence-electron chi connectivity index (χ4n) is 2.15. The highest BCUT2D eigenvalue weighted by Gasteiger charge is 2.22. The summed E-state index contributed by atoms with van der Waals surface area (Å²) in [4.78, 5) is 4.40. The number of benzene rings is 1. The standard InChI is InChI=1S/C14H17N3O4/c1-18-10-5-9(6-11(7-10)19-2)14-16-13(17-21-14)12-8-15-3-4-20-12/h5-7,12,15H,3-4,8H2,1-2H3. The molecule has 0 amide bonds. The first kappa shape index (κ1) is 13.8. The summed E-state index contributed by atoms with van der Waals surface area (Å²) >= 11 is 0. The zero-order valence-corrected chi connectivity index (χ0v) is 12.0. The Morgan fingerprint density at radius 3 is 2.57 bits per heavy atom. The van der Waals surface area contributed by atoms with E-state index in [0.717, 1.165) is 12.1 Å². The van der Waals surface area contributed by atoms with E-state index in [-0.39, 0.29) is 6.10 Å². The highest BCUT2D eigenvalue weighted by atomic mass is 16.5. The number of nitrogens with one attached hydrogen (secondary N) is 1. The maximum atomic E-state index is 5.61. The van der Waals surface area contributed by atoms with Crippen molar-refractivity contribution in [2.75, 3.05) is 33.9 Å². The molecule has 0 bridgehead atoms. The van der Waals surface area contributed by atoms with Crippen LogP contribution >= 0.6 is 0 Å². The number of methoxy groups -OCH3 is 2. The van der Waals surface area contributed by atoms with Gasteiger partial charge in [0.15, 0.2) is 0 Å². The predicted octanol–water partition coefficient (Wildman–Crippen LogP) is 1.41. The molecule has 1 aromatic carbocycles. The van der Waals surface area contributed by atoms with Crippen LogP contribution in [0.25, 0.3) is 11.5 Å². The minimum absolute atomic E-state index is 0.177. The zero-order chi connectivity index (χ0) is 14.7. The second-order valence-corrected chi connectivity index (χ2v) is 4.62.